The standard InChI is InChI=1S/C13H21N7O/c1-10(2)6-11(13-15-8-16-19(13)3)18-12(21)4-5-20-9-14-7-17-20/h7-11H,4-6H2,1-3H3,(H,18,21)/t11-/m0/s1. The third-order valence-corrected chi connectivity index (χ3v) is 3.13. The van der Waals surface area contributed by atoms with Crippen molar-refractivity contribution in [2.24, 2.45) is 13.0 Å². The molecule has 2 aromatic rings. The molecular weight excluding hydrogens is 270 g/mol. The molecule has 2 heterocycles. The predicted molar refractivity (Wildman–Crippen MR) is 76.0 cm³/mol. The van der Waals surface area contributed by atoms with Gasteiger partial charge in [-0.1, -0.05) is 13.8 Å². The van der Waals surface area contributed by atoms with Crippen molar-refractivity contribution in [3.8, 4) is 0 Å². The zero-order chi connectivity index (χ0) is 15.2. The molecule has 8 nitrogen and oxygen atoms in total. The first-order valence-corrected chi connectivity index (χ1v) is 7.02. The van der Waals surface area contributed by atoms with Gasteiger partial charge in [0.2, 0.25) is 5.91 Å². The number of carbonyl (C=O) groups is 1. The summed E-state index contributed by atoms with van der Waals surface area (Å²) in [7, 11) is 1.83. The number of hydrogen-bond donors (Lipinski definition) is 1. The highest BCUT2D eigenvalue weighted by Crippen LogP contribution is 2.18. The fourth-order valence-corrected chi connectivity index (χ4v) is 2.15. The Morgan fingerprint density at radius 2 is 2.14 bits per heavy atom. The normalized spacial score (nSPS) is 12.6. The monoisotopic (exact) mass is 291 g/mol. The molecule has 1 amide bonds. The van der Waals surface area contributed by atoms with E-state index in [1.807, 2.05) is 7.05 Å². The summed E-state index contributed by atoms with van der Waals surface area (Å²) in [6.45, 7) is 4.74. The maximum absolute atomic E-state index is 12.1. The first-order chi connectivity index (χ1) is 10.1. The van der Waals surface area contributed by atoms with Crippen LogP contribution in [0.3, 0.4) is 0 Å². The molecule has 0 aliphatic rings. The van der Waals surface area contributed by atoms with Crippen molar-refractivity contribution in [1.82, 2.24) is 34.8 Å². The van der Waals surface area contributed by atoms with Crippen LogP contribution in [0.1, 0.15) is 38.6 Å². The molecule has 0 saturated heterocycles. The van der Waals surface area contributed by atoms with Crippen LogP contribution in [0.5, 0.6) is 0 Å². The zero-order valence-corrected chi connectivity index (χ0v) is 12.6. The molecule has 0 saturated carbocycles. The van der Waals surface area contributed by atoms with Crippen LogP contribution in [0.15, 0.2) is 19.0 Å². The van der Waals surface area contributed by atoms with Crippen LogP contribution in [0.4, 0.5) is 0 Å². The van der Waals surface area contributed by atoms with Crippen LogP contribution < -0.4 is 5.32 Å². The maximum Gasteiger partial charge on any atom is 0.222 e. The molecule has 0 fully saturated rings. The van der Waals surface area contributed by atoms with Gasteiger partial charge in [-0.25, -0.2) is 9.97 Å². The lowest BCUT2D eigenvalue weighted by Crippen LogP contribution is -2.32. The Balaban J connectivity index is 1.95. The average Bonchev–Trinajstić information content (AvgIpc) is 3.06. The summed E-state index contributed by atoms with van der Waals surface area (Å²) in [6.07, 6.45) is 5.74. The van der Waals surface area contributed by atoms with E-state index in [0.717, 1.165) is 12.2 Å². The summed E-state index contributed by atoms with van der Waals surface area (Å²) in [5.74, 6) is 1.19. The quantitative estimate of drug-likeness (QED) is 0.811. The second kappa shape index (κ2) is 6.96. The predicted octanol–water partition coefficient (Wildman–Crippen LogP) is 0.700. The third kappa shape index (κ3) is 4.37. The number of amides is 1. The van der Waals surface area contributed by atoms with Crippen molar-refractivity contribution in [2.75, 3.05) is 0 Å². The van der Waals surface area contributed by atoms with Crippen molar-refractivity contribution in [3.63, 3.8) is 0 Å². The highest BCUT2D eigenvalue weighted by Gasteiger charge is 2.20. The molecule has 0 aliphatic carbocycles. The Bertz CT molecular complexity index is 561. The van der Waals surface area contributed by atoms with Gasteiger partial charge in [0.05, 0.1) is 12.6 Å². The Morgan fingerprint density at radius 3 is 2.71 bits per heavy atom. The van der Waals surface area contributed by atoms with E-state index >= 15 is 0 Å². The minimum Gasteiger partial charge on any atom is -0.346 e. The van der Waals surface area contributed by atoms with Crippen molar-refractivity contribution in [1.29, 1.82) is 0 Å². The van der Waals surface area contributed by atoms with Gasteiger partial charge >= 0.3 is 0 Å². The first-order valence-electron chi connectivity index (χ1n) is 7.02. The highest BCUT2D eigenvalue weighted by atomic mass is 16.1. The number of aryl methyl sites for hydroxylation is 2. The molecule has 0 aliphatic heterocycles. The van der Waals surface area contributed by atoms with Gasteiger partial charge < -0.3 is 5.32 Å². The van der Waals surface area contributed by atoms with Crippen LogP contribution in [-0.2, 0) is 18.4 Å². The van der Waals surface area contributed by atoms with E-state index in [4.69, 9.17) is 0 Å². The van der Waals surface area contributed by atoms with Gasteiger partial charge in [-0.2, -0.15) is 10.2 Å². The Morgan fingerprint density at radius 1 is 1.33 bits per heavy atom. The summed E-state index contributed by atoms with van der Waals surface area (Å²) in [5.41, 5.74) is 0. The lowest BCUT2D eigenvalue weighted by atomic mass is 10.0. The summed E-state index contributed by atoms with van der Waals surface area (Å²) in [5, 5.41) is 11.1. The van der Waals surface area contributed by atoms with Crippen LogP contribution in [0.25, 0.3) is 0 Å². The second-order valence-corrected chi connectivity index (χ2v) is 5.40. The molecule has 21 heavy (non-hydrogen) atoms. The molecule has 0 bridgehead atoms. The minimum absolute atomic E-state index is 0.0286. The van der Waals surface area contributed by atoms with E-state index < -0.39 is 0 Å². The van der Waals surface area contributed by atoms with Gasteiger partial charge in [0.1, 0.15) is 24.8 Å². The second-order valence-electron chi connectivity index (χ2n) is 5.40. The molecule has 1 N–H and O–H groups in total. The molecule has 1 atom stereocenters. The van der Waals surface area contributed by atoms with E-state index in [1.54, 1.807) is 15.7 Å². The van der Waals surface area contributed by atoms with Gasteiger partial charge in [-0.3, -0.25) is 14.2 Å². The van der Waals surface area contributed by atoms with E-state index in [-0.39, 0.29) is 11.9 Å². The van der Waals surface area contributed by atoms with Gasteiger partial charge in [-0.05, 0) is 12.3 Å². The molecule has 2 rings (SSSR count). The maximum atomic E-state index is 12.1. The third-order valence-electron chi connectivity index (χ3n) is 3.13. The number of nitrogens with one attached hydrogen (secondary N) is 1. The molecule has 0 spiro atoms. The molecule has 2 aromatic heterocycles. The number of rotatable bonds is 7. The topological polar surface area (TPSA) is 90.5 Å². The zero-order valence-electron chi connectivity index (χ0n) is 12.6. The van der Waals surface area contributed by atoms with Crippen LogP contribution in [0, 0.1) is 5.92 Å². The Hall–Kier alpha value is -2.25. The van der Waals surface area contributed by atoms with Crippen molar-refractivity contribution >= 4 is 5.91 Å². The smallest absolute Gasteiger partial charge is 0.222 e. The van der Waals surface area contributed by atoms with Gasteiger partial charge in [-0.15, -0.1) is 0 Å². The van der Waals surface area contributed by atoms with E-state index in [1.165, 1.54) is 12.7 Å². The fourth-order valence-electron chi connectivity index (χ4n) is 2.15. The summed E-state index contributed by atoms with van der Waals surface area (Å²) in [6, 6.07) is -0.124. The Labute approximate surface area is 123 Å². The van der Waals surface area contributed by atoms with Crippen LogP contribution in [-0.4, -0.2) is 35.4 Å². The molecule has 8 heteroatoms. The van der Waals surface area contributed by atoms with E-state index in [2.05, 4.69) is 39.3 Å². The average molecular weight is 291 g/mol. The van der Waals surface area contributed by atoms with Crippen LogP contribution in [0.2, 0.25) is 0 Å². The van der Waals surface area contributed by atoms with E-state index in [0.29, 0.717) is 18.9 Å². The van der Waals surface area contributed by atoms with Crippen molar-refractivity contribution < 1.29 is 4.79 Å². The van der Waals surface area contributed by atoms with Crippen molar-refractivity contribution in [2.45, 2.75) is 39.3 Å². The molecule has 0 radical (unpaired) electrons. The van der Waals surface area contributed by atoms with E-state index in [9.17, 15) is 4.79 Å². The van der Waals surface area contributed by atoms with Gasteiger partial charge in [0.25, 0.3) is 0 Å². The molecule has 0 unspecified atom stereocenters. The van der Waals surface area contributed by atoms with Gasteiger partial charge in [0.15, 0.2) is 0 Å². The van der Waals surface area contributed by atoms with Gasteiger partial charge in [0, 0.05) is 13.5 Å². The number of carbonyl (C=O) groups excluding carboxylic acids is 1. The van der Waals surface area contributed by atoms with Crippen molar-refractivity contribution in [3.05, 3.63) is 24.8 Å². The number of hydrogen-bond acceptors (Lipinski definition) is 5. The minimum atomic E-state index is -0.124. The van der Waals surface area contributed by atoms with Crippen LogP contribution >= 0.6 is 0 Å². The Kier molecular flexibility index (Phi) is 5.02. The lowest BCUT2D eigenvalue weighted by Gasteiger charge is -2.19. The summed E-state index contributed by atoms with van der Waals surface area (Å²) < 4.78 is 3.34. The summed E-state index contributed by atoms with van der Waals surface area (Å²) >= 11 is 0. The molecular formula is C13H21N7O. The highest BCUT2D eigenvalue weighted by molar-refractivity contribution is 5.76. The summed E-state index contributed by atoms with van der Waals surface area (Å²) in [4.78, 5) is 20.2. The SMILES string of the molecule is CC(C)C[C@H](NC(=O)CCn1cncn1)c1ncnn1C. The largest absolute Gasteiger partial charge is 0.346 e. The first kappa shape index (κ1) is 15.1. The number of nitrogens with zero attached hydrogens (tertiary/aromatic N) is 6. The fraction of sp³-hybridized carbons (Fsp3) is 0.615. The number of aromatic nitrogens is 6. The molecule has 0 aromatic carbocycles. The lowest BCUT2D eigenvalue weighted by molar-refractivity contribution is -0.122. The molecule has 114 valence electrons.